The van der Waals surface area contributed by atoms with Crippen LogP contribution in [0.1, 0.15) is 53.3 Å². The van der Waals surface area contributed by atoms with Gasteiger partial charge in [0.05, 0.1) is 11.1 Å². The molecular weight excluding hydrogens is 497 g/mol. The van der Waals surface area contributed by atoms with Crippen LogP contribution in [0.4, 0.5) is 0 Å². The molecule has 8 nitrogen and oxygen atoms in total. The molecule has 1 saturated heterocycles. The molecule has 3 amide bonds. The molecule has 2 heterocycles. The zero-order valence-corrected chi connectivity index (χ0v) is 19.8. The number of carbonyl (C=O) groups excluding carboxylic acids is 3. The van der Waals surface area contributed by atoms with Crippen molar-refractivity contribution in [3.63, 3.8) is 0 Å². The number of nitrogens with one attached hydrogen (secondary N) is 2. The third-order valence-electron chi connectivity index (χ3n) is 5.39. The third kappa shape index (κ3) is 5.50. The SMILES string of the molecule is CCC(=O)N1CCC(NC(=NC)NCCCCN2C(=O)c3ccccc3C2=O)C1.I. The summed E-state index contributed by atoms with van der Waals surface area (Å²) in [6.07, 6.45) is 2.97. The predicted molar refractivity (Wildman–Crippen MR) is 126 cm³/mol. The van der Waals surface area contributed by atoms with Crippen molar-refractivity contribution >= 4 is 47.7 Å². The lowest BCUT2D eigenvalue weighted by Crippen LogP contribution is -2.45. The van der Waals surface area contributed by atoms with E-state index in [2.05, 4.69) is 15.6 Å². The number of hydrogen-bond donors (Lipinski definition) is 2. The van der Waals surface area contributed by atoms with Crippen LogP contribution >= 0.6 is 24.0 Å². The normalized spacial score (nSPS) is 18.3. The van der Waals surface area contributed by atoms with Crippen molar-refractivity contribution in [2.24, 2.45) is 4.99 Å². The highest BCUT2D eigenvalue weighted by atomic mass is 127. The van der Waals surface area contributed by atoms with Crippen molar-refractivity contribution in [3.8, 4) is 0 Å². The molecule has 1 aromatic rings. The molecule has 9 heteroatoms. The van der Waals surface area contributed by atoms with E-state index in [4.69, 9.17) is 0 Å². The summed E-state index contributed by atoms with van der Waals surface area (Å²) in [5.41, 5.74) is 0.986. The van der Waals surface area contributed by atoms with Crippen molar-refractivity contribution in [1.29, 1.82) is 0 Å². The van der Waals surface area contributed by atoms with Crippen molar-refractivity contribution in [1.82, 2.24) is 20.4 Å². The van der Waals surface area contributed by atoms with E-state index in [1.807, 2.05) is 11.8 Å². The van der Waals surface area contributed by atoms with Gasteiger partial charge in [0.1, 0.15) is 0 Å². The number of rotatable bonds is 7. The second kappa shape index (κ2) is 11.3. The topological polar surface area (TPSA) is 94.1 Å². The van der Waals surface area contributed by atoms with Gasteiger partial charge in [-0.25, -0.2) is 0 Å². The Morgan fingerprint density at radius 2 is 1.83 bits per heavy atom. The Morgan fingerprint density at radius 3 is 2.43 bits per heavy atom. The Labute approximate surface area is 194 Å². The van der Waals surface area contributed by atoms with Crippen LogP contribution in [-0.2, 0) is 4.79 Å². The average molecular weight is 527 g/mol. The molecule has 30 heavy (non-hydrogen) atoms. The van der Waals surface area contributed by atoms with Crippen LogP contribution in [0.2, 0.25) is 0 Å². The quantitative estimate of drug-likeness (QED) is 0.186. The lowest BCUT2D eigenvalue weighted by atomic mass is 10.1. The van der Waals surface area contributed by atoms with Crippen LogP contribution in [0, 0.1) is 0 Å². The predicted octanol–water partition coefficient (Wildman–Crippen LogP) is 1.86. The lowest BCUT2D eigenvalue weighted by Gasteiger charge is -2.19. The maximum absolute atomic E-state index is 12.3. The summed E-state index contributed by atoms with van der Waals surface area (Å²) in [6.45, 7) is 4.46. The molecule has 3 rings (SSSR count). The first-order valence-corrected chi connectivity index (χ1v) is 10.2. The molecule has 0 aliphatic carbocycles. The van der Waals surface area contributed by atoms with E-state index in [9.17, 15) is 14.4 Å². The molecule has 2 N–H and O–H groups in total. The summed E-state index contributed by atoms with van der Waals surface area (Å²) in [6, 6.07) is 7.15. The molecule has 0 saturated carbocycles. The van der Waals surface area contributed by atoms with Gasteiger partial charge in [0, 0.05) is 45.7 Å². The molecule has 1 atom stereocenters. The smallest absolute Gasteiger partial charge is 0.261 e. The summed E-state index contributed by atoms with van der Waals surface area (Å²) >= 11 is 0. The third-order valence-corrected chi connectivity index (χ3v) is 5.39. The largest absolute Gasteiger partial charge is 0.356 e. The van der Waals surface area contributed by atoms with Gasteiger partial charge in [-0.15, -0.1) is 24.0 Å². The summed E-state index contributed by atoms with van der Waals surface area (Å²) in [7, 11) is 1.72. The average Bonchev–Trinajstić information content (AvgIpc) is 3.30. The molecule has 164 valence electrons. The molecule has 1 unspecified atom stereocenters. The molecule has 2 aliphatic rings. The Balaban J connectivity index is 0.00000320. The van der Waals surface area contributed by atoms with Gasteiger partial charge in [0.2, 0.25) is 5.91 Å². The number of amides is 3. The second-order valence-electron chi connectivity index (χ2n) is 7.34. The number of likely N-dealkylation sites (tertiary alicyclic amines) is 1. The zero-order valence-electron chi connectivity index (χ0n) is 17.5. The number of halogens is 1. The van der Waals surface area contributed by atoms with Crippen LogP contribution < -0.4 is 10.6 Å². The Hall–Kier alpha value is -2.17. The maximum atomic E-state index is 12.3. The number of fused-ring (bicyclic) bond motifs is 1. The molecule has 0 aromatic heterocycles. The van der Waals surface area contributed by atoms with Crippen molar-refractivity contribution in [2.45, 2.75) is 38.6 Å². The summed E-state index contributed by atoms with van der Waals surface area (Å²) in [5, 5.41) is 6.63. The minimum atomic E-state index is -0.205. The summed E-state index contributed by atoms with van der Waals surface area (Å²) in [5.74, 6) is 0.485. The molecule has 2 aliphatic heterocycles. The first kappa shape index (κ1) is 24.1. The Bertz CT molecular complexity index is 779. The van der Waals surface area contributed by atoms with E-state index in [1.165, 1.54) is 4.90 Å². The Kier molecular flexibility index (Phi) is 9.07. The van der Waals surface area contributed by atoms with Crippen molar-refractivity contribution < 1.29 is 14.4 Å². The zero-order chi connectivity index (χ0) is 20.8. The van der Waals surface area contributed by atoms with E-state index < -0.39 is 0 Å². The van der Waals surface area contributed by atoms with Crippen molar-refractivity contribution in [2.75, 3.05) is 33.2 Å². The van der Waals surface area contributed by atoms with Crippen LogP contribution in [-0.4, -0.2) is 72.7 Å². The molecule has 0 radical (unpaired) electrons. The highest BCUT2D eigenvalue weighted by Gasteiger charge is 2.34. The van der Waals surface area contributed by atoms with Crippen LogP contribution in [0.25, 0.3) is 0 Å². The highest BCUT2D eigenvalue weighted by Crippen LogP contribution is 2.22. The molecule has 0 spiro atoms. The van der Waals surface area contributed by atoms with Gasteiger partial charge in [-0.1, -0.05) is 19.1 Å². The number of aliphatic imine (C=N–C) groups is 1. The first-order valence-electron chi connectivity index (χ1n) is 10.2. The summed E-state index contributed by atoms with van der Waals surface area (Å²) < 4.78 is 0. The number of carbonyl (C=O) groups is 3. The number of unbranched alkanes of at least 4 members (excludes halogenated alkanes) is 1. The number of hydrogen-bond acceptors (Lipinski definition) is 4. The number of imide groups is 1. The maximum Gasteiger partial charge on any atom is 0.261 e. The van der Waals surface area contributed by atoms with E-state index in [-0.39, 0.29) is 47.7 Å². The Morgan fingerprint density at radius 1 is 1.17 bits per heavy atom. The van der Waals surface area contributed by atoms with Crippen molar-refractivity contribution in [3.05, 3.63) is 35.4 Å². The number of nitrogens with zero attached hydrogens (tertiary/aromatic N) is 3. The van der Waals surface area contributed by atoms with Gasteiger partial charge in [0.25, 0.3) is 11.8 Å². The lowest BCUT2D eigenvalue weighted by molar-refractivity contribution is -0.129. The fourth-order valence-electron chi connectivity index (χ4n) is 3.76. The van der Waals surface area contributed by atoms with E-state index in [1.54, 1.807) is 31.3 Å². The van der Waals surface area contributed by atoms with E-state index in [0.29, 0.717) is 43.1 Å². The number of guanidine groups is 1. The molecule has 0 bridgehead atoms. The number of benzene rings is 1. The minimum absolute atomic E-state index is 0. The molecule has 1 fully saturated rings. The minimum Gasteiger partial charge on any atom is -0.356 e. The van der Waals surface area contributed by atoms with Gasteiger partial charge < -0.3 is 15.5 Å². The second-order valence-corrected chi connectivity index (χ2v) is 7.34. The summed E-state index contributed by atoms with van der Waals surface area (Å²) in [4.78, 5) is 43.9. The van der Waals surface area contributed by atoms with Gasteiger partial charge in [0.15, 0.2) is 5.96 Å². The van der Waals surface area contributed by atoms with Crippen LogP contribution in [0.3, 0.4) is 0 Å². The standard InChI is InChI=1S/C21H29N5O3.HI/c1-3-18(27)25-13-10-15(14-25)24-21(22-2)23-11-6-7-12-26-19(28)16-8-4-5-9-17(16)20(26)29;/h4-5,8-9,15H,3,6-7,10-14H2,1-2H3,(H2,22,23,24);1H. The van der Waals surface area contributed by atoms with Gasteiger partial charge in [-0.2, -0.15) is 0 Å². The first-order chi connectivity index (χ1) is 14.0. The van der Waals surface area contributed by atoms with Gasteiger partial charge >= 0.3 is 0 Å². The fourth-order valence-corrected chi connectivity index (χ4v) is 3.76. The van der Waals surface area contributed by atoms with E-state index in [0.717, 1.165) is 25.8 Å². The molecule has 1 aromatic carbocycles. The van der Waals surface area contributed by atoms with E-state index >= 15 is 0 Å². The van der Waals surface area contributed by atoms with Crippen LogP contribution in [0.15, 0.2) is 29.3 Å². The monoisotopic (exact) mass is 527 g/mol. The van der Waals surface area contributed by atoms with Gasteiger partial charge in [-0.05, 0) is 31.4 Å². The van der Waals surface area contributed by atoms with Crippen LogP contribution in [0.5, 0.6) is 0 Å². The highest BCUT2D eigenvalue weighted by molar-refractivity contribution is 14.0. The fraction of sp³-hybridized carbons (Fsp3) is 0.524. The molecular formula is C21H30IN5O3. The van der Waals surface area contributed by atoms with Gasteiger partial charge in [-0.3, -0.25) is 24.3 Å².